The molecule has 0 amide bonds. The number of alkyl halides is 3. The van der Waals surface area contributed by atoms with Crippen LogP contribution in [-0.4, -0.2) is 55.7 Å². The number of aryl methyl sites for hydroxylation is 1. The van der Waals surface area contributed by atoms with Gasteiger partial charge < -0.3 is 9.72 Å². The van der Waals surface area contributed by atoms with Crippen LogP contribution >= 0.6 is 0 Å². The van der Waals surface area contributed by atoms with Crippen molar-refractivity contribution in [2.24, 2.45) is 7.05 Å². The average Bonchev–Trinajstić information content (AvgIpc) is 3.11. The molecule has 2 heterocycles. The number of aromatic nitrogens is 4. The molecule has 0 saturated heterocycles. The van der Waals surface area contributed by atoms with Crippen molar-refractivity contribution < 1.29 is 17.9 Å². The number of rotatable bonds is 4. The standard InChI is InChI=1S/C22H19F3N4O.Na/c1-21(9-10-21)19-12-17(29(2)28-19)20-26-15-8-7-13(11-16(15)27-20)14-5-3-4-6-18(14)30-22(23,24)25;/h3-8,11-12H,9-10H2,1-2H3,(H,26,27);. The van der Waals surface area contributed by atoms with Crippen LogP contribution in [0.15, 0.2) is 48.5 Å². The van der Waals surface area contributed by atoms with Crippen LogP contribution < -0.4 is 4.74 Å². The Kier molecular flexibility index (Phi) is 5.44. The molecule has 0 bridgehead atoms. The monoisotopic (exact) mass is 435 g/mol. The molecule has 4 aromatic rings. The fourth-order valence-electron chi connectivity index (χ4n) is 3.64. The fourth-order valence-corrected chi connectivity index (χ4v) is 3.64. The summed E-state index contributed by atoms with van der Waals surface area (Å²) in [4.78, 5) is 7.93. The van der Waals surface area contributed by atoms with E-state index in [2.05, 4.69) is 32.8 Å². The number of imidazole rings is 1. The first-order valence-corrected chi connectivity index (χ1v) is 9.62. The number of para-hydroxylation sites is 1. The first-order chi connectivity index (χ1) is 14.2. The predicted octanol–water partition coefficient (Wildman–Crippen LogP) is 5.20. The Balaban J connectivity index is 0.00000231. The Morgan fingerprint density at radius 3 is 2.55 bits per heavy atom. The van der Waals surface area contributed by atoms with E-state index in [1.54, 1.807) is 30.3 Å². The summed E-state index contributed by atoms with van der Waals surface area (Å²) in [6, 6.07) is 13.5. The minimum absolute atomic E-state index is 0. The van der Waals surface area contributed by atoms with Crippen molar-refractivity contribution in [1.82, 2.24) is 19.7 Å². The van der Waals surface area contributed by atoms with E-state index in [-0.39, 0.29) is 40.7 Å². The zero-order valence-electron chi connectivity index (χ0n) is 17.4. The van der Waals surface area contributed by atoms with Gasteiger partial charge in [0, 0.05) is 47.6 Å². The smallest absolute Gasteiger partial charge is 0.405 e. The maximum Gasteiger partial charge on any atom is 0.573 e. The van der Waals surface area contributed by atoms with E-state index in [1.165, 1.54) is 12.1 Å². The third-order valence-electron chi connectivity index (χ3n) is 5.65. The molecule has 1 fully saturated rings. The number of nitrogens with one attached hydrogen (secondary N) is 1. The maximum absolute atomic E-state index is 12.8. The summed E-state index contributed by atoms with van der Waals surface area (Å²) in [7, 11) is 1.88. The Morgan fingerprint density at radius 2 is 1.84 bits per heavy atom. The summed E-state index contributed by atoms with van der Waals surface area (Å²) in [5.74, 6) is 0.436. The third kappa shape index (κ3) is 4.24. The molecule has 155 valence electrons. The number of ether oxygens (including phenoxy) is 1. The van der Waals surface area contributed by atoms with Gasteiger partial charge in [-0.05, 0) is 42.7 Å². The Bertz CT molecular complexity index is 1260. The van der Waals surface area contributed by atoms with E-state index in [0.29, 0.717) is 17.0 Å². The number of hydrogen-bond acceptors (Lipinski definition) is 3. The summed E-state index contributed by atoms with van der Waals surface area (Å²) in [5, 5.41) is 4.64. The summed E-state index contributed by atoms with van der Waals surface area (Å²) >= 11 is 0. The van der Waals surface area contributed by atoms with Gasteiger partial charge in [-0.25, -0.2) is 4.98 Å². The van der Waals surface area contributed by atoms with Gasteiger partial charge in [0.1, 0.15) is 11.4 Å². The molecule has 1 radical (unpaired) electrons. The van der Waals surface area contributed by atoms with E-state index in [1.807, 2.05) is 11.7 Å². The number of halogens is 3. The van der Waals surface area contributed by atoms with Crippen molar-refractivity contribution >= 4 is 40.6 Å². The molecule has 31 heavy (non-hydrogen) atoms. The third-order valence-corrected chi connectivity index (χ3v) is 5.65. The van der Waals surface area contributed by atoms with Crippen molar-refractivity contribution in [3.05, 3.63) is 54.2 Å². The molecular formula is C22H19F3N4NaO. The second kappa shape index (κ2) is 7.69. The van der Waals surface area contributed by atoms with Crippen LogP contribution in [0.5, 0.6) is 5.75 Å². The van der Waals surface area contributed by atoms with Gasteiger partial charge in [0.2, 0.25) is 0 Å². The maximum atomic E-state index is 12.8. The largest absolute Gasteiger partial charge is 0.573 e. The molecule has 1 saturated carbocycles. The topological polar surface area (TPSA) is 55.7 Å². The van der Waals surface area contributed by atoms with E-state index >= 15 is 0 Å². The molecule has 9 heteroatoms. The summed E-state index contributed by atoms with van der Waals surface area (Å²) in [6.07, 6.45) is -2.49. The first-order valence-electron chi connectivity index (χ1n) is 9.62. The van der Waals surface area contributed by atoms with Crippen LogP contribution in [0.25, 0.3) is 33.7 Å². The van der Waals surface area contributed by atoms with E-state index in [4.69, 9.17) is 0 Å². The zero-order valence-corrected chi connectivity index (χ0v) is 19.4. The molecular weight excluding hydrogens is 416 g/mol. The van der Waals surface area contributed by atoms with Crippen LogP contribution in [0.2, 0.25) is 0 Å². The van der Waals surface area contributed by atoms with Gasteiger partial charge in [0.15, 0.2) is 5.82 Å². The molecule has 2 aromatic heterocycles. The molecule has 5 nitrogen and oxygen atoms in total. The van der Waals surface area contributed by atoms with Crippen molar-refractivity contribution in [2.75, 3.05) is 0 Å². The van der Waals surface area contributed by atoms with Gasteiger partial charge in [-0.1, -0.05) is 31.2 Å². The van der Waals surface area contributed by atoms with Gasteiger partial charge in [-0.15, -0.1) is 13.2 Å². The molecule has 1 N–H and O–H groups in total. The van der Waals surface area contributed by atoms with Gasteiger partial charge in [0.25, 0.3) is 0 Å². The minimum Gasteiger partial charge on any atom is -0.405 e. The number of benzene rings is 2. The average molecular weight is 435 g/mol. The van der Waals surface area contributed by atoms with E-state index in [9.17, 15) is 13.2 Å². The van der Waals surface area contributed by atoms with Crippen LogP contribution in [0, 0.1) is 0 Å². The molecule has 0 unspecified atom stereocenters. The number of aromatic amines is 1. The predicted molar refractivity (Wildman–Crippen MR) is 113 cm³/mol. The number of H-pyrrole nitrogens is 1. The summed E-state index contributed by atoms with van der Waals surface area (Å²) in [5.41, 5.74) is 4.49. The normalized spacial score (nSPS) is 15.0. The number of nitrogens with zero attached hydrogens (tertiary/aromatic N) is 3. The molecule has 1 aliphatic carbocycles. The van der Waals surface area contributed by atoms with E-state index < -0.39 is 6.36 Å². The summed E-state index contributed by atoms with van der Waals surface area (Å²) in [6.45, 7) is 2.20. The van der Waals surface area contributed by atoms with Gasteiger partial charge in [-0.2, -0.15) is 5.10 Å². The molecule has 0 spiro atoms. The molecule has 2 aromatic carbocycles. The molecule has 5 rings (SSSR count). The van der Waals surface area contributed by atoms with Crippen LogP contribution in [0.1, 0.15) is 25.5 Å². The second-order valence-electron chi connectivity index (χ2n) is 7.96. The van der Waals surface area contributed by atoms with Gasteiger partial charge >= 0.3 is 6.36 Å². The Hall–Kier alpha value is -2.29. The first kappa shape index (κ1) is 21.9. The minimum atomic E-state index is -4.75. The zero-order chi connectivity index (χ0) is 21.1. The van der Waals surface area contributed by atoms with Crippen molar-refractivity contribution in [1.29, 1.82) is 0 Å². The fraction of sp³-hybridized carbons (Fsp3) is 0.273. The Morgan fingerprint density at radius 1 is 1.10 bits per heavy atom. The number of hydrogen-bond donors (Lipinski definition) is 1. The molecule has 0 aliphatic heterocycles. The molecule has 1 aliphatic rings. The second-order valence-corrected chi connectivity index (χ2v) is 7.96. The van der Waals surface area contributed by atoms with Crippen LogP contribution in [0.4, 0.5) is 13.2 Å². The quantitative estimate of drug-likeness (QED) is 0.449. The Labute approximate surface area is 198 Å². The van der Waals surface area contributed by atoms with Crippen molar-refractivity contribution in [3.8, 4) is 28.4 Å². The number of fused-ring (bicyclic) bond motifs is 1. The van der Waals surface area contributed by atoms with E-state index in [0.717, 1.165) is 35.3 Å². The van der Waals surface area contributed by atoms with Crippen molar-refractivity contribution in [2.45, 2.75) is 31.5 Å². The SMILES string of the molecule is Cn1nc(C2(C)CC2)cc1-c1nc2ccc(-c3ccccc3OC(F)(F)F)cc2[nH]1.[Na]. The summed E-state index contributed by atoms with van der Waals surface area (Å²) < 4.78 is 44.3. The van der Waals surface area contributed by atoms with Gasteiger partial charge in [-0.3, -0.25) is 4.68 Å². The van der Waals surface area contributed by atoms with Crippen molar-refractivity contribution in [3.63, 3.8) is 0 Å². The van der Waals surface area contributed by atoms with Crippen LogP contribution in [-0.2, 0) is 12.5 Å². The molecule has 0 atom stereocenters. The van der Waals surface area contributed by atoms with Gasteiger partial charge in [0.05, 0.1) is 16.7 Å². The van der Waals surface area contributed by atoms with Crippen LogP contribution in [0.3, 0.4) is 0 Å².